The molecule has 13 heteroatoms. The summed E-state index contributed by atoms with van der Waals surface area (Å²) in [5, 5.41) is 0.631. The molecule has 1 aromatic heterocycles. The molecule has 0 atom stereocenters. The maximum absolute atomic E-state index is 15.3. The highest BCUT2D eigenvalue weighted by Crippen LogP contribution is 2.34. The van der Waals surface area contributed by atoms with Gasteiger partial charge in [0, 0.05) is 51.1 Å². The molecule has 0 saturated carbocycles. The number of ether oxygens (including phenoxy) is 1. The number of carbonyl (C=O) groups is 1. The summed E-state index contributed by atoms with van der Waals surface area (Å²) in [5.74, 6) is -0.792. The van der Waals surface area contributed by atoms with Crippen molar-refractivity contribution in [2.24, 2.45) is 0 Å². The van der Waals surface area contributed by atoms with Crippen molar-refractivity contribution in [1.29, 1.82) is 0 Å². The van der Waals surface area contributed by atoms with Crippen molar-refractivity contribution < 1.29 is 26.8 Å². The van der Waals surface area contributed by atoms with Crippen molar-refractivity contribution in [3.8, 4) is 5.75 Å². The Morgan fingerprint density at radius 3 is 2.53 bits per heavy atom. The lowest BCUT2D eigenvalue weighted by molar-refractivity contribution is 0.172. The SMILES string of the molecule is CCCN(C)Cc1c(Cc2cccc(NS(=O)(=O)NC)c2F)c(=O)oc2cc(OC(=O)N(C)C)c(Cl)cc12. The number of nitrogens with one attached hydrogen (secondary N) is 2. The fourth-order valence-corrected chi connectivity index (χ4v) is 4.59. The predicted molar refractivity (Wildman–Crippen MR) is 145 cm³/mol. The number of rotatable bonds is 10. The quantitative estimate of drug-likeness (QED) is 0.355. The number of amides is 1. The Kier molecular flexibility index (Phi) is 9.36. The minimum atomic E-state index is -3.96. The molecule has 206 valence electrons. The number of anilines is 1. The Hall–Kier alpha value is -3.19. The van der Waals surface area contributed by atoms with Crippen LogP contribution in [0.15, 0.2) is 39.5 Å². The lowest BCUT2D eigenvalue weighted by Gasteiger charge is -2.20. The van der Waals surface area contributed by atoms with Crippen molar-refractivity contribution >= 4 is 44.6 Å². The summed E-state index contributed by atoms with van der Waals surface area (Å²) >= 11 is 6.44. The Balaban J connectivity index is 2.16. The first-order valence-electron chi connectivity index (χ1n) is 11.7. The lowest BCUT2D eigenvalue weighted by Crippen LogP contribution is -2.27. The molecule has 0 unspecified atom stereocenters. The van der Waals surface area contributed by atoms with Crippen LogP contribution in [0.5, 0.6) is 5.75 Å². The van der Waals surface area contributed by atoms with Gasteiger partial charge in [0.1, 0.15) is 5.58 Å². The zero-order valence-electron chi connectivity index (χ0n) is 21.7. The van der Waals surface area contributed by atoms with Gasteiger partial charge in [-0.1, -0.05) is 30.7 Å². The fraction of sp³-hybridized carbons (Fsp3) is 0.360. The summed E-state index contributed by atoms with van der Waals surface area (Å²) in [6, 6.07) is 7.15. The second-order valence-corrected chi connectivity index (χ2v) is 10.9. The number of carbonyl (C=O) groups excluding carboxylic acids is 1. The van der Waals surface area contributed by atoms with E-state index in [1.54, 1.807) is 6.07 Å². The summed E-state index contributed by atoms with van der Waals surface area (Å²) in [6.07, 6.45) is 0.0416. The normalized spacial score (nSPS) is 11.7. The van der Waals surface area contributed by atoms with Crippen LogP contribution >= 0.6 is 11.6 Å². The van der Waals surface area contributed by atoms with Gasteiger partial charge in [-0.3, -0.25) is 4.72 Å². The number of benzene rings is 2. The zero-order chi connectivity index (χ0) is 28.2. The number of hydrogen-bond donors (Lipinski definition) is 2. The van der Waals surface area contributed by atoms with Gasteiger partial charge in [-0.15, -0.1) is 0 Å². The second-order valence-electron chi connectivity index (χ2n) is 8.89. The van der Waals surface area contributed by atoms with E-state index in [9.17, 15) is 18.0 Å². The number of hydrogen-bond acceptors (Lipinski definition) is 7. The van der Waals surface area contributed by atoms with Crippen LogP contribution in [0.4, 0.5) is 14.9 Å². The first-order chi connectivity index (χ1) is 17.9. The van der Waals surface area contributed by atoms with E-state index in [-0.39, 0.29) is 39.6 Å². The van der Waals surface area contributed by atoms with Crippen molar-refractivity contribution in [3.05, 3.63) is 68.3 Å². The Bertz CT molecular complexity index is 1510. The number of nitrogens with zero attached hydrogens (tertiary/aromatic N) is 2. The number of halogens is 2. The fourth-order valence-electron chi connectivity index (χ4n) is 3.84. The molecule has 0 saturated heterocycles. The first kappa shape index (κ1) is 29.4. The van der Waals surface area contributed by atoms with Crippen LogP contribution in [-0.4, -0.2) is 59.0 Å². The summed E-state index contributed by atoms with van der Waals surface area (Å²) in [5.41, 5.74) is 0.0464. The molecular formula is C25H30ClFN4O6S. The monoisotopic (exact) mass is 568 g/mol. The first-order valence-corrected chi connectivity index (χ1v) is 13.6. The van der Waals surface area contributed by atoms with E-state index < -0.39 is 27.7 Å². The molecule has 10 nitrogen and oxygen atoms in total. The summed E-state index contributed by atoms with van der Waals surface area (Å²) in [7, 11) is 2.16. The number of fused-ring (bicyclic) bond motifs is 1. The van der Waals surface area contributed by atoms with Gasteiger partial charge in [-0.25, -0.2) is 18.7 Å². The molecule has 2 N–H and O–H groups in total. The molecule has 3 aromatic rings. The Morgan fingerprint density at radius 1 is 1.18 bits per heavy atom. The van der Waals surface area contributed by atoms with Crippen LogP contribution in [0.2, 0.25) is 5.02 Å². The van der Waals surface area contributed by atoms with E-state index in [0.29, 0.717) is 17.5 Å². The van der Waals surface area contributed by atoms with Crippen LogP contribution in [0.1, 0.15) is 30.0 Å². The Morgan fingerprint density at radius 2 is 1.89 bits per heavy atom. The highest BCUT2D eigenvalue weighted by molar-refractivity contribution is 7.90. The van der Waals surface area contributed by atoms with Crippen molar-refractivity contribution in [1.82, 2.24) is 14.5 Å². The smallest absolute Gasteiger partial charge is 0.414 e. The minimum Gasteiger partial charge on any atom is -0.422 e. The van der Waals surface area contributed by atoms with Crippen LogP contribution < -0.4 is 19.8 Å². The molecular weight excluding hydrogens is 539 g/mol. The maximum Gasteiger partial charge on any atom is 0.414 e. The van der Waals surface area contributed by atoms with Gasteiger partial charge >= 0.3 is 11.7 Å². The van der Waals surface area contributed by atoms with E-state index in [1.165, 1.54) is 50.3 Å². The highest BCUT2D eigenvalue weighted by atomic mass is 35.5. The van der Waals surface area contributed by atoms with E-state index in [1.807, 2.05) is 18.9 Å². The maximum atomic E-state index is 15.3. The van der Waals surface area contributed by atoms with E-state index in [2.05, 4.69) is 9.44 Å². The molecule has 0 aliphatic rings. The van der Waals surface area contributed by atoms with Gasteiger partial charge in [-0.2, -0.15) is 8.42 Å². The molecule has 38 heavy (non-hydrogen) atoms. The predicted octanol–water partition coefficient (Wildman–Crippen LogP) is 3.95. The summed E-state index contributed by atoms with van der Waals surface area (Å²) in [6.45, 7) is 3.07. The van der Waals surface area contributed by atoms with Gasteiger partial charge in [-0.05, 0) is 43.3 Å². The average molecular weight is 569 g/mol. The standard InChI is InChI=1S/C25H30ClFN4O6S/c1-6-10-31(5)14-18-16-12-19(26)22(37-25(33)30(3)4)13-21(16)36-24(32)17(18)11-15-8-7-9-20(23(15)27)29-38(34,35)28-2/h7-9,12-13,28-29H,6,10-11,14H2,1-5H3. The topological polar surface area (TPSA) is 121 Å². The van der Waals surface area contributed by atoms with E-state index in [4.69, 9.17) is 20.8 Å². The molecule has 0 aliphatic carbocycles. The van der Waals surface area contributed by atoms with Crippen LogP contribution in [0.25, 0.3) is 11.0 Å². The van der Waals surface area contributed by atoms with Crippen molar-refractivity contribution in [2.75, 3.05) is 39.5 Å². The highest BCUT2D eigenvalue weighted by Gasteiger charge is 2.22. The van der Waals surface area contributed by atoms with Gasteiger partial charge < -0.3 is 19.0 Å². The molecule has 0 aliphatic heterocycles. The molecule has 0 bridgehead atoms. The lowest BCUT2D eigenvalue weighted by atomic mass is 9.97. The van der Waals surface area contributed by atoms with Crippen LogP contribution in [0.3, 0.4) is 0 Å². The van der Waals surface area contributed by atoms with Gasteiger partial charge in [0.15, 0.2) is 11.6 Å². The Labute approximate surface area is 225 Å². The summed E-state index contributed by atoms with van der Waals surface area (Å²) < 4.78 is 54.1. The molecule has 3 rings (SSSR count). The third-order valence-electron chi connectivity index (χ3n) is 5.73. The van der Waals surface area contributed by atoms with Gasteiger partial charge in [0.2, 0.25) is 0 Å². The van der Waals surface area contributed by atoms with E-state index >= 15 is 4.39 Å². The van der Waals surface area contributed by atoms with Gasteiger partial charge in [0.05, 0.1) is 10.7 Å². The minimum absolute atomic E-state index is 0.0252. The van der Waals surface area contributed by atoms with Crippen LogP contribution in [-0.2, 0) is 23.2 Å². The third-order valence-corrected chi connectivity index (χ3v) is 7.05. The average Bonchev–Trinajstić information content (AvgIpc) is 2.84. The molecule has 0 fully saturated rings. The molecule has 0 spiro atoms. The molecule has 1 heterocycles. The third kappa shape index (κ3) is 6.81. The van der Waals surface area contributed by atoms with Crippen LogP contribution in [0, 0.1) is 5.82 Å². The van der Waals surface area contributed by atoms with Gasteiger partial charge in [0.25, 0.3) is 10.2 Å². The molecule has 1 amide bonds. The largest absolute Gasteiger partial charge is 0.422 e. The van der Waals surface area contributed by atoms with Crippen molar-refractivity contribution in [2.45, 2.75) is 26.3 Å². The van der Waals surface area contributed by atoms with Crippen molar-refractivity contribution in [3.63, 3.8) is 0 Å². The molecule has 0 radical (unpaired) electrons. The summed E-state index contributed by atoms with van der Waals surface area (Å²) in [4.78, 5) is 28.5. The van der Waals surface area contributed by atoms with E-state index in [0.717, 1.165) is 13.0 Å². The zero-order valence-corrected chi connectivity index (χ0v) is 23.3. The second kappa shape index (κ2) is 12.1. The molecule has 2 aromatic carbocycles.